The van der Waals surface area contributed by atoms with Gasteiger partial charge in [0, 0.05) is 36.0 Å². The Balaban J connectivity index is 1.47. The second-order valence-electron chi connectivity index (χ2n) is 8.84. The van der Waals surface area contributed by atoms with Crippen molar-refractivity contribution in [2.24, 2.45) is 4.99 Å². The van der Waals surface area contributed by atoms with Gasteiger partial charge >= 0.3 is 0 Å². The van der Waals surface area contributed by atoms with Crippen molar-refractivity contribution in [3.05, 3.63) is 106 Å². The minimum atomic E-state index is -1.05. The number of aliphatic hydroxyl groups excluding tert-OH is 1. The van der Waals surface area contributed by atoms with Crippen molar-refractivity contribution in [1.29, 1.82) is 0 Å². The van der Waals surface area contributed by atoms with Crippen LogP contribution in [0.25, 0.3) is 6.08 Å². The first-order valence-corrected chi connectivity index (χ1v) is 13.2. The molecule has 37 heavy (non-hydrogen) atoms. The Bertz CT molecular complexity index is 1210. The summed E-state index contributed by atoms with van der Waals surface area (Å²) in [6.45, 7) is 1.22. The van der Waals surface area contributed by atoms with Gasteiger partial charge in [-0.25, -0.2) is 4.99 Å². The second kappa shape index (κ2) is 13.2. The number of carbonyl (C=O) groups is 1. The van der Waals surface area contributed by atoms with E-state index in [1.54, 1.807) is 0 Å². The number of rotatable bonds is 12. The van der Waals surface area contributed by atoms with Crippen LogP contribution in [0.5, 0.6) is 5.75 Å². The van der Waals surface area contributed by atoms with Crippen LogP contribution in [-0.4, -0.2) is 48.8 Å². The zero-order valence-corrected chi connectivity index (χ0v) is 22.2. The van der Waals surface area contributed by atoms with E-state index in [1.165, 1.54) is 0 Å². The zero-order chi connectivity index (χ0) is 25.9. The van der Waals surface area contributed by atoms with Crippen LogP contribution >= 0.6 is 15.9 Å². The summed E-state index contributed by atoms with van der Waals surface area (Å²) in [6, 6.07) is 25.5. The van der Waals surface area contributed by atoms with Gasteiger partial charge in [-0.2, -0.15) is 0 Å². The summed E-state index contributed by atoms with van der Waals surface area (Å²) in [4.78, 5) is 18.3. The van der Waals surface area contributed by atoms with E-state index in [4.69, 9.17) is 19.6 Å². The van der Waals surface area contributed by atoms with E-state index < -0.39 is 5.54 Å². The number of amides is 1. The second-order valence-corrected chi connectivity index (χ2v) is 9.75. The summed E-state index contributed by atoms with van der Waals surface area (Å²) >= 11 is 3.45. The van der Waals surface area contributed by atoms with E-state index in [0.717, 1.165) is 27.6 Å². The number of benzene rings is 3. The molecular formula is C30H31BrN2O4. The maximum absolute atomic E-state index is 13.5. The number of nitrogens with one attached hydrogen (secondary N) is 1. The van der Waals surface area contributed by atoms with Crippen LogP contribution in [0.1, 0.15) is 29.5 Å². The molecule has 2 N–H and O–H groups in total. The molecular weight excluding hydrogens is 532 g/mol. The van der Waals surface area contributed by atoms with Crippen LogP contribution in [-0.2, 0) is 16.0 Å². The molecule has 3 aromatic rings. The first kappa shape index (κ1) is 26.6. The molecule has 1 amide bonds. The van der Waals surface area contributed by atoms with E-state index in [9.17, 15) is 4.79 Å². The number of nitrogens with zero attached hydrogens (tertiary/aromatic N) is 1. The molecule has 192 valence electrons. The maximum atomic E-state index is 13.5. The zero-order valence-electron chi connectivity index (χ0n) is 20.6. The van der Waals surface area contributed by atoms with Crippen LogP contribution in [0.3, 0.4) is 0 Å². The van der Waals surface area contributed by atoms with Crippen molar-refractivity contribution >= 4 is 33.8 Å². The quantitative estimate of drug-likeness (QED) is 0.298. The van der Waals surface area contributed by atoms with E-state index in [-0.39, 0.29) is 19.1 Å². The molecule has 0 spiro atoms. The molecule has 4 rings (SSSR count). The van der Waals surface area contributed by atoms with E-state index in [1.807, 2.05) is 91.0 Å². The largest absolute Gasteiger partial charge is 0.494 e. The van der Waals surface area contributed by atoms with Gasteiger partial charge in [0.1, 0.15) is 12.4 Å². The average Bonchev–Trinajstić information content (AvgIpc) is 3.36. The summed E-state index contributed by atoms with van der Waals surface area (Å²) < 4.78 is 12.6. The molecule has 7 heteroatoms. The Labute approximate surface area is 226 Å². The lowest BCUT2D eigenvalue weighted by Crippen LogP contribution is -2.47. The van der Waals surface area contributed by atoms with E-state index >= 15 is 0 Å². The van der Waals surface area contributed by atoms with Crippen LogP contribution in [0.15, 0.2) is 94.4 Å². The number of aliphatic imine (C=N–C) groups is 1. The third kappa shape index (κ3) is 7.54. The van der Waals surface area contributed by atoms with Gasteiger partial charge in [0.05, 0.1) is 6.61 Å². The van der Waals surface area contributed by atoms with Crippen molar-refractivity contribution < 1.29 is 19.4 Å². The van der Waals surface area contributed by atoms with Crippen molar-refractivity contribution in [1.82, 2.24) is 5.32 Å². The fourth-order valence-electron chi connectivity index (χ4n) is 3.95. The summed E-state index contributed by atoms with van der Waals surface area (Å²) in [5.74, 6) is 0.998. The summed E-state index contributed by atoms with van der Waals surface area (Å²) in [7, 11) is 0. The Morgan fingerprint density at radius 2 is 1.84 bits per heavy atom. The Morgan fingerprint density at radius 3 is 2.57 bits per heavy atom. The average molecular weight is 563 g/mol. The predicted octanol–water partition coefficient (Wildman–Crippen LogP) is 5.19. The number of aliphatic hydroxyl groups is 1. The lowest BCUT2D eigenvalue weighted by molar-refractivity contribution is -0.126. The predicted molar refractivity (Wildman–Crippen MR) is 150 cm³/mol. The fraction of sp³-hybridized carbons (Fsp3) is 0.267. The number of hydrogen-bond donors (Lipinski definition) is 2. The number of ether oxygens (including phenoxy) is 2. The summed E-state index contributed by atoms with van der Waals surface area (Å²) in [6.07, 6.45) is 5.70. The highest BCUT2D eigenvalue weighted by Crippen LogP contribution is 2.28. The van der Waals surface area contributed by atoms with Gasteiger partial charge < -0.3 is 19.9 Å². The molecule has 0 saturated carbocycles. The minimum Gasteiger partial charge on any atom is -0.494 e. The molecule has 6 nitrogen and oxygen atoms in total. The molecule has 0 aromatic heterocycles. The highest BCUT2D eigenvalue weighted by atomic mass is 79.9. The number of hydrogen-bond acceptors (Lipinski definition) is 5. The highest BCUT2D eigenvalue weighted by Gasteiger charge is 2.43. The van der Waals surface area contributed by atoms with Gasteiger partial charge in [0.15, 0.2) is 5.54 Å². The van der Waals surface area contributed by atoms with Gasteiger partial charge in [0.2, 0.25) is 5.90 Å². The molecule has 1 aliphatic rings. The molecule has 0 fully saturated rings. The lowest BCUT2D eigenvalue weighted by Gasteiger charge is -2.21. The molecule has 0 bridgehead atoms. The molecule has 0 aliphatic carbocycles. The third-order valence-corrected chi connectivity index (χ3v) is 6.56. The Kier molecular flexibility index (Phi) is 9.52. The van der Waals surface area contributed by atoms with Gasteiger partial charge in [0.25, 0.3) is 5.91 Å². The van der Waals surface area contributed by atoms with Crippen LogP contribution in [0.4, 0.5) is 0 Å². The minimum absolute atomic E-state index is 0.0920. The molecule has 1 atom stereocenters. The van der Waals surface area contributed by atoms with Crippen molar-refractivity contribution in [3.8, 4) is 5.75 Å². The first-order chi connectivity index (χ1) is 18.1. The SMILES string of the molecule is O=C(NCCc1ccc(Br)cc1)[C@@]1(C/C=C/c2ccccc2)COC(c2ccc(OCCCO)cc2)=N1. The molecule has 0 radical (unpaired) electrons. The van der Waals surface area contributed by atoms with E-state index in [2.05, 4.69) is 21.2 Å². The topological polar surface area (TPSA) is 80.2 Å². The standard InChI is InChI=1S/C30H31BrN2O4/c31-26-13-9-24(10-14-26)17-19-32-29(35)30(18-4-8-23-6-2-1-3-7-23)22-37-28(33-30)25-11-15-27(16-12-25)36-21-5-20-34/h1-4,6-16,34H,5,17-22H2,(H,32,35)/b8-4+/t30-/m1/s1. The molecule has 1 heterocycles. The Morgan fingerprint density at radius 1 is 1.08 bits per heavy atom. The Hall–Kier alpha value is -3.42. The monoisotopic (exact) mass is 562 g/mol. The molecule has 0 unspecified atom stereocenters. The van der Waals surface area contributed by atoms with Crippen molar-refractivity contribution in [2.75, 3.05) is 26.4 Å². The van der Waals surface area contributed by atoms with Gasteiger partial charge in [-0.15, -0.1) is 0 Å². The fourth-order valence-corrected chi connectivity index (χ4v) is 4.21. The van der Waals surface area contributed by atoms with Crippen LogP contribution < -0.4 is 10.1 Å². The highest BCUT2D eigenvalue weighted by molar-refractivity contribution is 9.10. The van der Waals surface area contributed by atoms with Crippen molar-refractivity contribution in [3.63, 3.8) is 0 Å². The first-order valence-electron chi connectivity index (χ1n) is 12.4. The summed E-state index contributed by atoms with van der Waals surface area (Å²) in [5.41, 5.74) is 1.95. The van der Waals surface area contributed by atoms with Crippen molar-refractivity contribution in [2.45, 2.75) is 24.8 Å². The summed E-state index contributed by atoms with van der Waals surface area (Å²) in [5, 5.41) is 12.0. The van der Waals surface area contributed by atoms with Gasteiger partial charge in [-0.3, -0.25) is 4.79 Å². The van der Waals surface area contributed by atoms with Gasteiger partial charge in [-0.05, 0) is 53.9 Å². The number of halogens is 1. The molecule has 1 aliphatic heterocycles. The van der Waals surface area contributed by atoms with Gasteiger partial charge in [-0.1, -0.05) is 70.5 Å². The molecule has 0 saturated heterocycles. The molecule has 3 aromatic carbocycles. The maximum Gasteiger partial charge on any atom is 0.251 e. The number of carbonyl (C=O) groups excluding carboxylic acids is 1. The normalized spacial score (nSPS) is 16.9. The lowest BCUT2D eigenvalue weighted by atomic mass is 9.95. The smallest absolute Gasteiger partial charge is 0.251 e. The van der Waals surface area contributed by atoms with Crippen LogP contribution in [0, 0.1) is 0 Å². The third-order valence-electron chi connectivity index (χ3n) is 6.04. The van der Waals surface area contributed by atoms with Crippen LogP contribution in [0.2, 0.25) is 0 Å². The van der Waals surface area contributed by atoms with E-state index in [0.29, 0.717) is 37.6 Å².